The standard InChI is InChI=1S/C18H18N4O3S/c1-12-7-14(20-21(12)2)18(23)22(10-17-19-5-6-26-17)9-13-3-4-15-16(8-13)25-11-24-15/h3-8H,9-11H2,1-2H3. The first-order chi connectivity index (χ1) is 12.6. The van der Waals surface area contributed by atoms with Crippen LogP contribution in [0.1, 0.15) is 26.8 Å². The minimum Gasteiger partial charge on any atom is -0.454 e. The van der Waals surface area contributed by atoms with Crippen LogP contribution < -0.4 is 9.47 Å². The van der Waals surface area contributed by atoms with Crippen molar-refractivity contribution >= 4 is 17.2 Å². The largest absolute Gasteiger partial charge is 0.454 e. The van der Waals surface area contributed by atoms with E-state index in [1.807, 2.05) is 37.6 Å². The van der Waals surface area contributed by atoms with E-state index in [0.29, 0.717) is 24.5 Å². The van der Waals surface area contributed by atoms with Crippen molar-refractivity contribution in [3.8, 4) is 11.5 Å². The summed E-state index contributed by atoms with van der Waals surface area (Å²) in [6, 6.07) is 7.53. The van der Waals surface area contributed by atoms with Gasteiger partial charge < -0.3 is 14.4 Å². The molecule has 2 aromatic heterocycles. The van der Waals surface area contributed by atoms with E-state index in [9.17, 15) is 4.79 Å². The Bertz CT molecular complexity index is 917. The highest BCUT2D eigenvalue weighted by Crippen LogP contribution is 2.33. The summed E-state index contributed by atoms with van der Waals surface area (Å²) in [5.74, 6) is 1.31. The fourth-order valence-electron chi connectivity index (χ4n) is 2.78. The molecule has 7 nitrogen and oxygen atoms in total. The topological polar surface area (TPSA) is 69.5 Å². The van der Waals surface area contributed by atoms with Crippen LogP contribution in [-0.2, 0) is 20.1 Å². The number of fused-ring (bicyclic) bond motifs is 1. The number of ether oxygens (including phenoxy) is 2. The summed E-state index contributed by atoms with van der Waals surface area (Å²) in [5.41, 5.74) is 2.33. The van der Waals surface area contributed by atoms with Crippen molar-refractivity contribution in [2.24, 2.45) is 7.05 Å². The third kappa shape index (κ3) is 3.28. The average molecular weight is 370 g/mol. The van der Waals surface area contributed by atoms with Gasteiger partial charge in [0.05, 0.1) is 6.54 Å². The fraction of sp³-hybridized carbons (Fsp3) is 0.278. The SMILES string of the molecule is Cc1cc(C(=O)N(Cc2ccc3c(c2)OCO3)Cc2nccs2)nn1C. The second-order valence-corrected chi connectivity index (χ2v) is 7.05. The molecule has 1 aliphatic heterocycles. The van der Waals surface area contributed by atoms with Gasteiger partial charge in [0.25, 0.3) is 5.91 Å². The van der Waals surface area contributed by atoms with Crippen LogP contribution in [-0.4, -0.2) is 32.4 Å². The van der Waals surface area contributed by atoms with Gasteiger partial charge in [-0.05, 0) is 30.7 Å². The van der Waals surface area contributed by atoms with E-state index in [4.69, 9.17) is 9.47 Å². The van der Waals surface area contributed by atoms with E-state index in [1.54, 1.807) is 21.8 Å². The number of rotatable bonds is 5. The van der Waals surface area contributed by atoms with Gasteiger partial charge in [-0.1, -0.05) is 6.07 Å². The van der Waals surface area contributed by atoms with Gasteiger partial charge in [-0.2, -0.15) is 5.10 Å². The molecular weight excluding hydrogens is 352 g/mol. The molecule has 0 radical (unpaired) electrons. The van der Waals surface area contributed by atoms with E-state index < -0.39 is 0 Å². The maximum absolute atomic E-state index is 13.0. The summed E-state index contributed by atoms with van der Waals surface area (Å²) >= 11 is 1.53. The van der Waals surface area contributed by atoms with Crippen LogP contribution in [0, 0.1) is 6.92 Å². The van der Waals surface area contributed by atoms with Gasteiger partial charge in [-0.15, -0.1) is 11.3 Å². The highest BCUT2D eigenvalue weighted by Gasteiger charge is 2.22. The van der Waals surface area contributed by atoms with E-state index in [0.717, 1.165) is 22.0 Å². The van der Waals surface area contributed by atoms with Gasteiger partial charge >= 0.3 is 0 Å². The van der Waals surface area contributed by atoms with Crippen molar-refractivity contribution in [2.45, 2.75) is 20.0 Å². The van der Waals surface area contributed by atoms with Gasteiger partial charge in [-0.3, -0.25) is 9.48 Å². The molecule has 0 spiro atoms. The second kappa shape index (κ2) is 6.80. The fourth-order valence-corrected chi connectivity index (χ4v) is 3.41. The number of benzene rings is 1. The Morgan fingerprint density at radius 2 is 2.12 bits per heavy atom. The molecule has 134 valence electrons. The Labute approximate surface area is 154 Å². The third-order valence-corrected chi connectivity index (χ3v) is 5.00. The van der Waals surface area contributed by atoms with Gasteiger partial charge in [0.2, 0.25) is 6.79 Å². The van der Waals surface area contributed by atoms with Crippen molar-refractivity contribution in [3.05, 3.63) is 57.8 Å². The molecule has 1 aliphatic rings. The molecule has 1 aromatic carbocycles. The summed E-state index contributed by atoms with van der Waals surface area (Å²) in [7, 11) is 1.83. The Hall–Kier alpha value is -2.87. The van der Waals surface area contributed by atoms with Gasteiger partial charge in [0.15, 0.2) is 17.2 Å². The summed E-state index contributed by atoms with van der Waals surface area (Å²) in [5, 5.41) is 7.11. The lowest BCUT2D eigenvalue weighted by atomic mass is 10.2. The lowest BCUT2D eigenvalue weighted by Crippen LogP contribution is -2.30. The van der Waals surface area contributed by atoms with Crippen molar-refractivity contribution in [1.29, 1.82) is 0 Å². The summed E-state index contributed by atoms with van der Waals surface area (Å²) in [6.07, 6.45) is 1.74. The van der Waals surface area contributed by atoms with Crippen LogP contribution in [0.2, 0.25) is 0 Å². The number of aromatic nitrogens is 3. The number of hydrogen-bond acceptors (Lipinski definition) is 6. The average Bonchev–Trinajstić information content (AvgIpc) is 3.36. The zero-order valence-electron chi connectivity index (χ0n) is 14.5. The van der Waals surface area contributed by atoms with Gasteiger partial charge in [0.1, 0.15) is 5.01 Å². The molecule has 0 atom stereocenters. The van der Waals surface area contributed by atoms with Crippen LogP contribution in [0.3, 0.4) is 0 Å². The van der Waals surface area contributed by atoms with Crippen LogP contribution >= 0.6 is 11.3 Å². The monoisotopic (exact) mass is 370 g/mol. The smallest absolute Gasteiger partial charge is 0.275 e. The molecule has 26 heavy (non-hydrogen) atoms. The number of carbonyl (C=O) groups is 1. The first-order valence-electron chi connectivity index (χ1n) is 8.17. The molecule has 4 rings (SSSR count). The van der Waals surface area contributed by atoms with Crippen molar-refractivity contribution < 1.29 is 14.3 Å². The quantitative estimate of drug-likeness (QED) is 0.691. The summed E-state index contributed by atoms with van der Waals surface area (Å²) < 4.78 is 12.5. The van der Waals surface area contributed by atoms with Crippen molar-refractivity contribution in [1.82, 2.24) is 19.7 Å². The zero-order chi connectivity index (χ0) is 18.1. The lowest BCUT2D eigenvalue weighted by Gasteiger charge is -2.21. The minimum atomic E-state index is -0.124. The molecule has 3 heterocycles. The lowest BCUT2D eigenvalue weighted by molar-refractivity contribution is 0.0723. The molecule has 0 aliphatic carbocycles. The van der Waals surface area contributed by atoms with Crippen LogP contribution in [0.5, 0.6) is 11.5 Å². The Morgan fingerprint density at radius 3 is 2.85 bits per heavy atom. The Balaban J connectivity index is 1.61. The molecule has 0 unspecified atom stereocenters. The zero-order valence-corrected chi connectivity index (χ0v) is 15.3. The molecule has 0 N–H and O–H groups in total. The van der Waals surface area contributed by atoms with E-state index in [-0.39, 0.29) is 12.7 Å². The molecule has 3 aromatic rings. The predicted molar refractivity (Wildman–Crippen MR) is 96.2 cm³/mol. The minimum absolute atomic E-state index is 0.124. The van der Waals surface area contributed by atoms with E-state index in [2.05, 4.69) is 10.1 Å². The number of thiazole rings is 1. The second-order valence-electron chi connectivity index (χ2n) is 6.07. The highest BCUT2D eigenvalue weighted by atomic mass is 32.1. The number of hydrogen-bond donors (Lipinski definition) is 0. The van der Waals surface area contributed by atoms with Crippen LogP contribution in [0.15, 0.2) is 35.8 Å². The molecule has 0 saturated carbocycles. The van der Waals surface area contributed by atoms with E-state index >= 15 is 0 Å². The maximum Gasteiger partial charge on any atom is 0.275 e. The molecule has 0 fully saturated rings. The molecule has 0 bridgehead atoms. The predicted octanol–water partition coefficient (Wildman–Crippen LogP) is 2.76. The number of amides is 1. The molecule has 0 saturated heterocycles. The van der Waals surface area contributed by atoms with Crippen LogP contribution in [0.25, 0.3) is 0 Å². The van der Waals surface area contributed by atoms with Crippen molar-refractivity contribution in [2.75, 3.05) is 6.79 Å². The summed E-state index contributed by atoms with van der Waals surface area (Å²) in [4.78, 5) is 19.1. The maximum atomic E-state index is 13.0. The third-order valence-electron chi connectivity index (χ3n) is 4.24. The van der Waals surface area contributed by atoms with Gasteiger partial charge in [0, 0.05) is 30.9 Å². The first-order valence-corrected chi connectivity index (χ1v) is 9.05. The molecule has 1 amide bonds. The first kappa shape index (κ1) is 16.6. The normalized spacial score (nSPS) is 12.4. The van der Waals surface area contributed by atoms with Crippen LogP contribution in [0.4, 0.5) is 0 Å². The number of aryl methyl sites for hydroxylation is 2. The molecular formula is C18H18N4O3S. The Kier molecular flexibility index (Phi) is 4.34. The highest BCUT2D eigenvalue weighted by molar-refractivity contribution is 7.09. The Morgan fingerprint density at radius 1 is 1.27 bits per heavy atom. The van der Waals surface area contributed by atoms with E-state index in [1.165, 1.54) is 11.3 Å². The number of nitrogens with zero attached hydrogens (tertiary/aromatic N) is 4. The summed E-state index contributed by atoms with van der Waals surface area (Å²) in [6.45, 7) is 3.02. The van der Waals surface area contributed by atoms with Crippen molar-refractivity contribution in [3.63, 3.8) is 0 Å². The van der Waals surface area contributed by atoms with Gasteiger partial charge in [-0.25, -0.2) is 4.98 Å². The molecule has 8 heteroatoms. The number of carbonyl (C=O) groups excluding carboxylic acids is 1.